The van der Waals surface area contributed by atoms with Crippen molar-refractivity contribution in [2.45, 2.75) is 104 Å². The van der Waals surface area contributed by atoms with Crippen molar-refractivity contribution in [1.82, 2.24) is 0 Å². The highest BCUT2D eigenvalue weighted by Gasteiger charge is 2.39. The molecule has 3 heteroatoms. The number of phenols is 2. The van der Waals surface area contributed by atoms with E-state index in [0.29, 0.717) is 47.4 Å². The van der Waals surface area contributed by atoms with E-state index in [-0.39, 0.29) is 0 Å². The van der Waals surface area contributed by atoms with Gasteiger partial charge in [-0.3, -0.25) is 0 Å². The Bertz CT molecular complexity index is 855. The van der Waals surface area contributed by atoms with Gasteiger partial charge in [-0.15, -0.1) is 0 Å². The third-order valence-electron chi connectivity index (χ3n) is 9.52. The number of hydrogen-bond donors (Lipinski definition) is 2. The molecule has 6 atom stereocenters. The average molecular weight is 507 g/mol. The smallest absolute Gasteiger partial charge is 0.115 e. The topological polar surface area (TPSA) is 49.7 Å². The van der Waals surface area contributed by atoms with E-state index >= 15 is 0 Å². The van der Waals surface area contributed by atoms with Crippen molar-refractivity contribution >= 4 is 0 Å². The number of benzene rings is 2. The first-order valence-corrected chi connectivity index (χ1v) is 15.0. The molecule has 0 aliphatic heterocycles. The molecule has 37 heavy (non-hydrogen) atoms. The summed E-state index contributed by atoms with van der Waals surface area (Å²) in [7, 11) is 0. The quantitative estimate of drug-likeness (QED) is 0.339. The highest BCUT2D eigenvalue weighted by atomic mass is 16.5. The first-order valence-electron chi connectivity index (χ1n) is 15.0. The van der Waals surface area contributed by atoms with Gasteiger partial charge in [0.2, 0.25) is 0 Å². The van der Waals surface area contributed by atoms with E-state index in [4.69, 9.17) is 4.74 Å². The fraction of sp³-hybridized carbons (Fsp3) is 0.647. The Labute approximate surface area is 225 Å². The predicted octanol–water partition coefficient (Wildman–Crippen LogP) is 8.56. The second kappa shape index (κ2) is 13.2. The zero-order valence-electron chi connectivity index (χ0n) is 23.6. The molecule has 2 saturated carbocycles. The second-order valence-electron chi connectivity index (χ2n) is 12.8. The number of aryl methyl sites for hydroxylation is 2. The van der Waals surface area contributed by atoms with Crippen LogP contribution in [-0.4, -0.2) is 22.4 Å². The van der Waals surface area contributed by atoms with Crippen LogP contribution in [0.3, 0.4) is 0 Å². The SMILES string of the molecule is CC(C)C1CCC(CCc2ccc(O)cc2)CC1OC1CC(CCc2ccc(O)cc2)CCC1C(C)C. The number of aromatic hydroxyl groups is 2. The van der Waals surface area contributed by atoms with E-state index in [1.807, 2.05) is 24.3 Å². The summed E-state index contributed by atoms with van der Waals surface area (Å²) in [5.74, 6) is 4.79. The van der Waals surface area contributed by atoms with Crippen molar-refractivity contribution in [2.75, 3.05) is 0 Å². The van der Waals surface area contributed by atoms with Gasteiger partial charge in [-0.1, -0.05) is 52.0 Å². The van der Waals surface area contributed by atoms with Crippen molar-refractivity contribution in [3.8, 4) is 11.5 Å². The molecule has 0 radical (unpaired) electrons. The molecule has 0 spiro atoms. The molecule has 204 valence electrons. The van der Waals surface area contributed by atoms with Crippen LogP contribution in [0.15, 0.2) is 48.5 Å². The zero-order chi connectivity index (χ0) is 26.4. The largest absolute Gasteiger partial charge is 0.508 e. The molecule has 4 rings (SSSR count). The molecule has 2 aromatic carbocycles. The minimum atomic E-state index is 0.350. The van der Waals surface area contributed by atoms with E-state index in [1.54, 1.807) is 0 Å². The van der Waals surface area contributed by atoms with E-state index in [2.05, 4.69) is 52.0 Å². The van der Waals surface area contributed by atoms with Crippen LogP contribution in [0.4, 0.5) is 0 Å². The molecule has 0 amide bonds. The Balaban J connectivity index is 1.37. The lowest BCUT2D eigenvalue weighted by molar-refractivity contribution is -0.126. The average Bonchev–Trinajstić information content (AvgIpc) is 2.88. The summed E-state index contributed by atoms with van der Waals surface area (Å²) in [5.41, 5.74) is 2.65. The van der Waals surface area contributed by atoms with Gasteiger partial charge in [-0.05, 0) is 135 Å². The minimum Gasteiger partial charge on any atom is -0.508 e. The summed E-state index contributed by atoms with van der Waals surface area (Å²) in [6.07, 6.45) is 12.9. The van der Waals surface area contributed by atoms with Gasteiger partial charge in [0.15, 0.2) is 0 Å². The van der Waals surface area contributed by atoms with Crippen LogP contribution in [0.5, 0.6) is 11.5 Å². The normalized spacial score (nSPS) is 28.6. The molecule has 0 saturated heterocycles. The maximum absolute atomic E-state index is 9.60. The first-order chi connectivity index (χ1) is 17.8. The van der Waals surface area contributed by atoms with Crippen molar-refractivity contribution in [3.05, 3.63) is 59.7 Å². The Hall–Kier alpha value is -2.00. The van der Waals surface area contributed by atoms with Crippen LogP contribution < -0.4 is 0 Å². The monoisotopic (exact) mass is 506 g/mol. The molecule has 2 aromatic rings. The van der Waals surface area contributed by atoms with Gasteiger partial charge >= 0.3 is 0 Å². The summed E-state index contributed by atoms with van der Waals surface area (Å²) in [6.45, 7) is 9.55. The molecule has 2 N–H and O–H groups in total. The van der Waals surface area contributed by atoms with Crippen LogP contribution in [0.2, 0.25) is 0 Å². The first kappa shape index (κ1) is 28.0. The van der Waals surface area contributed by atoms with Crippen molar-refractivity contribution in [2.24, 2.45) is 35.5 Å². The minimum absolute atomic E-state index is 0.350. The fourth-order valence-electron chi connectivity index (χ4n) is 7.12. The fourth-order valence-corrected chi connectivity index (χ4v) is 7.12. The Morgan fingerprint density at radius 2 is 1.00 bits per heavy atom. The number of phenolic OH excluding ortho intramolecular Hbond substituents is 2. The Kier molecular flexibility index (Phi) is 9.98. The molecule has 2 aliphatic rings. The Morgan fingerprint density at radius 1 is 0.622 bits per heavy atom. The molecule has 2 fully saturated rings. The number of hydrogen-bond acceptors (Lipinski definition) is 3. The van der Waals surface area contributed by atoms with Gasteiger partial charge in [0, 0.05) is 0 Å². The summed E-state index contributed by atoms with van der Waals surface area (Å²) in [4.78, 5) is 0. The Morgan fingerprint density at radius 3 is 1.35 bits per heavy atom. The third-order valence-corrected chi connectivity index (χ3v) is 9.52. The van der Waals surface area contributed by atoms with Gasteiger partial charge in [0.1, 0.15) is 11.5 Å². The zero-order valence-corrected chi connectivity index (χ0v) is 23.6. The molecule has 0 aromatic heterocycles. The van der Waals surface area contributed by atoms with Crippen LogP contribution in [-0.2, 0) is 17.6 Å². The summed E-state index contributed by atoms with van der Waals surface area (Å²) < 4.78 is 7.21. The van der Waals surface area contributed by atoms with Crippen LogP contribution in [0.1, 0.15) is 90.2 Å². The van der Waals surface area contributed by atoms with Crippen LogP contribution >= 0.6 is 0 Å². The van der Waals surface area contributed by atoms with Crippen LogP contribution in [0, 0.1) is 35.5 Å². The van der Waals surface area contributed by atoms with Gasteiger partial charge in [-0.25, -0.2) is 0 Å². The van der Waals surface area contributed by atoms with Crippen molar-refractivity contribution in [1.29, 1.82) is 0 Å². The predicted molar refractivity (Wildman–Crippen MR) is 153 cm³/mol. The third kappa shape index (κ3) is 7.99. The lowest BCUT2D eigenvalue weighted by Gasteiger charge is -2.45. The lowest BCUT2D eigenvalue weighted by atomic mass is 9.71. The molecule has 2 aliphatic carbocycles. The summed E-state index contributed by atoms with van der Waals surface area (Å²) in [5, 5.41) is 19.2. The summed E-state index contributed by atoms with van der Waals surface area (Å²) in [6, 6.07) is 15.5. The van der Waals surface area contributed by atoms with E-state index < -0.39 is 0 Å². The maximum atomic E-state index is 9.60. The molecule has 3 nitrogen and oxygen atoms in total. The maximum Gasteiger partial charge on any atom is 0.115 e. The van der Waals surface area contributed by atoms with E-state index in [1.165, 1.54) is 62.5 Å². The summed E-state index contributed by atoms with van der Waals surface area (Å²) >= 11 is 0. The highest BCUT2D eigenvalue weighted by molar-refractivity contribution is 5.26. The van der Waals surface area contributed by atoms with Gasteiger partial charge in [0.25, 0.3) is 0 Å². The highest BCUT2D eigenvalue weighted by Crippen LogP contribution is 2.43. The molecule has 6 unspecified atom stereocenters. The number of ether oxygens (including phenoxy) is 1. The second-order valence-corrected chi connectivity index (χ2v) is 12.8. The van der Waals surface area contributed by atoms with Crippen molar-refractivity contribution < 1.29 is 14.9 Å². The van der Waals surface area contributed by atoms with Gasteiger partial charge in [-0.2, -0.15) is 0 Å². The molecule has 0 bridgehead atoms. The van der Waals surface area contributed by atoms with Crippen molar-refractivity contribution in [3.63, 3.8) is 0 Å². The van der Waals surface area contributed by atoms with Gasteiger partial charge in [0.05, 0.1) is 12.2 Å². The molecular formula is C34H50O3. The van der Waals surface area contributed by atoms with Crippen LogP contribution in [0.25, 0.3) is 0 Å². The molecular weight excluding hydrogens is 456 g/mol. The van der Waals surface area contributed by atoms with E-state index in [9.17, 15) is 10.2 Å². The standard InChI is InChI=1S/C34H50O3/c1-23(2)31-19-13-27(7-5-25-9-15-29(35)16-10-25)21-33(31)37-34-22-28(14-20-32(34)24(3)4)8-6-26-11-17-30(36)18-12-26/h9-12,15-18,23-24,27-28,31-36H,5-8,13-14,19-22H2,1-4H3. The molecule has 0 heterocycles. The van der Waals surface area contributed by atoms with Gasteiger partial charge < -0.3 is 14.9 Å². The number of rotatable bonds is 10. The van der Waals surface area contributed by atoms with E-state index in [0.717, 1.165) is 24.7 Å². The lowest BCUT2D eigenvalue weighted by Crippen LogP contribution is -2.43.